The van der Waals surface area contributed by atoms with Crippen molar-refractivity contribution in [2.75, 3.05) is 30.9 Å². The minimum atomic E-state index is -4.71. The summed E-state index contributed by atoms with van der Waals surface area (Å²) >= 11 is 2.77. The number of ether oxygens (including phenoxy) is 1. The summed E-state index contributed by atoms with van der Waals surface area (Å²) in [5.41, 5.74) is 1.43. The van der Waals surface area contributed by atoms with Crippen LogP contribution in [0, 0.1) is 11.8 Å². The Kier molecular flexibility index (Phi) is 9.62. The van der Waals surface area contributed by atoms with Gasteiger partial charge in [-0.3, -0.25) is 3.53 Å². The van der Waals surface area contributed by atoms with Gasteiger partial charge < -0.3 is 15.0 Å². The van der Waals surface area contributed by atoms with E-state index in [4.69, 9.17) is 9.97 Å². The number of anilines is 2. The molecule has 0 amide bonds. The van der Waals surface area contributed by atoms with E-state index in [9.17, 15) is 13.2 Å². The lowest BCUT2D eigenvalue weighted by Crippen LogP contribution is -2.23. The molecular formula is C26H30BrF3IN5O. The fraction of sp³-hybridized carbons (Fsp3) is 0.423. The van der Waals surface area contributed by atoms with Crippen molar-refractivity contribution in [3.05, 3.63) is 52.5 Å². The highest BCUT2D eigenvalue weighted by Crippen LogP contribution is 2.31. The molecule has 6 nitrogen and oxygen atoms in total. The van der Waals surface area contributed by atoms with Crippen molar-refractivity contribution in [2.24, 2.45) is 11.8 Å². The number of para-hydroxylation sites is 1. The number of nitrogens with zero attached hydrogens (tertiary/aromatic N) is 3. The average molecular weight is 692 g/mol. The number of alkyl halides is 3. The molecule has 0 spiro atoms. The first-order valence-electron chi connectivity index (χ1n) is 12.1. The standard InChI is InChI=1S/C26H30BrF3IN5O/c1-36(2)24-21-5-3-4-6-22(21)34-25(35-24)32-15-18-9-7-17(8-10-18)14-31-33-16-19-11-12-20(27)13-23(19)37-26(28,29)30/h3-6,11-14,17-18,33H,7-10,15-16H2,1-2H3,(H,32,34,35). The Morgan fingerprint density at radius 2 is 1.86 bits per heavy atom. The second kappa shape index (κ2) is 12.7. The van der Waals surface area contributed by atoms with Gasteiger partial charge in [0.25, 0.3) is 0 Å². The van der Waals surface area contributed by atoms with Crippen LogP contribution in [0.25, 0.3) is 10.9 Å². The van der Waals surface area contributed by atoms with Crippen molar-refractivity contribution in [3.8, 4) is 5.75 Å². The van der Waals surface area contributed by atoms with Crippen LogP contribution in [0.2, 0.25) is 0 Å². The zero-order valence-electron chi connectivity index (χ0n) is 20.7. The van der Waals surface area contributed by atoms with Gasteiger partial charge in [0.1, 0.15) is 11.6 Å². The SMILES string of the molecule is CN(C)c1nc(NCC2CCC(C=INCc3ccc(Br)cc3OC(F)(F)F)CC2)nc2ccccc12. The maximum absolute atomic E-state index is 12.7. The lowest BCUT2D eigenvalue weighted by molar-refractivity contribution is -0.274. The number of halogens is 5. The highest BCUT2D eigenvalue weighted by molar-refractivity contribution is 14.2. The molecule has 1 saturated carbocycles. The summed E-state index contributed by atoms with van der Waals surface area (Å²) in [5.74, 6) is 2.51. The molecule has 4 rings (SSSR count). The number of rotatable bonds is 9. The monoisotopic (exact) mass is 691 g/mol. The number of benzene rings is 2. The molecule has 37 heavy (non-hydrogen) atoms. The fourth-order valence-electron chi connectivity index (χ4n) is 4.37. The van der Waals surface area contributed by atoms with Crippen LogP contribution in [-0.4, -0.2) is 41.0 Å². The van der Waals surface area contributed by atoms with Crippen molar-refractivity contribution in [3.63, 3.8) is 0 Å². The van der Waals surface area contributed by atoms with Crippen LogP contribution in [0.3, 0.4) is 0 Å². The Morgan fingerprint density at radius 1 is 1.11 bits per heavy atom. The summed E-state index contributed by atoms with van der Waals surface area (Å²) < 4.78 is 48.5. The summed E-state index contributed by atoms with van der Waals surface area (Å²) in [4.78, 5) is 11.4. The number of nitrogens with one attached hydrogen (secondary N) is 2. The largest absolute Gasteiger partial charge is 0.573 e. The molecule has 11 heteroatoms. The van der Waals surface area contributed by atoms with Crippen LogP contribution < -0.4 is 18.5 Å². The van der Waals surface area contributed by atoms with E-state index >= 15 is 0 Å². The highest BCUT2D eigenvalue weighted by Gasteiger charge is 2.32. The first-order chi connectivity index (χ1) is 17.7. The van der Waals surface area contributed by atoms with Gasteiger partial charge in [0.15, 0.2) is 0 Å². The first kappa shape index (κ1) is 28.0. The Morgan fingerprint density at radius 3 is 2.59 bits per heavy atom. The van der Waals surface area contributed by atoms with Gasteiger partial charge in [0.05, 0.1) is 5.52 Å². The summed E-state index contributed by atoms with van der Waals surface area (Å²) in [6.45, 7) is 1.19. The molecule has 1 aliphatic carbocycles. The van der Waals surface area contributed by atoms with E-state index in [1.807, 2.05) is 43.3 Å². The molecule has 0 atom stereocenters. The van der Waals surface area contributed by atoms with E-state index < -0.39 is 27.4 Å². The molecule has 0 bridgehead atoms. The third kappa shape index (κ3) is 8.25. The zero-order valence-corrected chi connectivity index (χ0v) is 24.4. The summed E-state index contributed by atoms with van der Waals surface area (Å²) in [5, 5.41) is 4.49. The van der Waals surface area contributed by atoms with Gasteiger partial charge in [-0.25, -0.2) is 4.98 Å². The molecule has 0 unspecified atom stereocenters. The van der Waals surface area contributed by atoms with Crippen LogP contribution in [-0.2, 0) is 6.54 Å². The molecule has 3 aromatic rings. The summed E-state index contributed by atoms with van der Waals surface area (Å²) in [6, 6.07) is 12.8. The molecule has 0 saturated heterocycles. The van der Waals surface area contributed by atoms with Gasteiger partial charge in [-0.2, -0.15) is 4.98 Å². The molecule has 1 aliphatic rings. The fourth-order valence-corrected chi connectivity index (χ4v) is 6.83. The van der Waals surface area contributed by atoms with Crippen molar-refractivity contribution >= 4 is 63.6 Å². The predicted molar refractivity (Wildman–Crippen MR) is 156 cm³/mol. The summed E-state index contributed by atoms with van der Waals surface area (Å²) in [7, 11) is 3.98. The lowest BCUT2D eigenvalue weighted by Gasteiger charge is -2.27. The van der Waals surface area contributed by atoms with Crippen molar-refractivity contribution in [1.82, 2.24) is 13.5 Å². The smallest absolute Gasteiger partial charge is 0.405 e. The highest BCUT2D eigenvalue weighted by atomic mass is 127. The zero-order chi connectivity index (χ0) is 26.4. The van der Waals surface area contributed by atoms with E-state index in [1.165, 1.54) is 6.07 Å². The number of fused-ring (bicyclic) bond motifs is 1. The van der Waals surface area contributed by atoms with Crippen LogP contribution in [0.1, 0.15) is 31.2 Å². The molecule has 0 radical (unpaired) electrons. The van der Waals surface area contributed by atoms with Crippen LogP contribution in [0.4, 0.5) is 24.9 Å². The van der Waals surface area contributed by atoms with Crippen LogP contribution >= 0.6 is 36.9 Å². The van der Waals surface area contributed by atoms with Gasteiger partial charge >= 0.3 is 6.36 Å². The van der Waals surface area contributed by atoms with E-state index in [0.29, 0.717) is 34.4 Å². The number of aromatic nitrogens is 2. The minimum absolute atomic E-state index is 0.167. The van der Waals surface area contributed by atoms with Gasteiger partial charge in [-0.1, -0.05) is 34.1 Å². The Balaban J connectivity index is 1.24. The van der Waals surface area contributed by atoms with Gasteiger partial charge in [0, 0.05) is 42.6 Å². The van der Waals surface area contributed by atoms with Gasteiger partial charge in [0.2, 0.25) is 5.95 Å². The Bertz CT molecular complexity index is 1230. The molecule has 2 N–H and O–H groups in total. The minimum Gasteiger partial charge on any atom is -0.405 e. The molecule has 2 aromatic carbocycles. The molecule has 1 aromatic heterocycles. The van der Waals surface area contributed by atoms with E-state index in [0.717, 1.165) is 48.9 Å². The molecular weight excluding hydrogens is 662 g/mol. The maximum Gasteiger partial charge on any atom is 0.573 e. The second-order valence-electron chi connectivity index (χ2n) is 9.29. The van der Waals surface area contributed by atoms with Crippen molar-refractivity contribution < 1.29 is 17.9 Å². The Hall–Kier alpha value is -1.99. The maximum atomic E-state index is 12.7. The van der Waals surface area contributed by atoms with E-state index in [2.05, 4.69) is 33.5 Å². The number of hydrogen-bond acceptors (Lipinski definition) is 6. The average Bonchev–Trinajstić information content (AvgIpc) is 2.85. The normalized spacial score (nSPS) is 18.5. The third-order valence-electron chi connectivity index (χ3n) is 6.28. The summed E-state index contributed by atoms with van der Waals surface area (Å²) in [6.07, 6.45) is -0.212. The lowest BCUT2D eigenvalue weighted by atomic mass is 9.83. The predicted octanol–water partition coefficient (Wildman–Crippen LogP) is 7.05. The molecule has 200 valence electrons. The van der Waals surface area contributed by atoms with Crippen LogP contribution in [0.5, 0.6) is 5.75 Å². The van der Waals surface area contributed by atoms with Crippen molar-refractivity contribution in [1.29, 1.82) is 0 Å². The molecule has 0 aliphatic heterocycles. The quantitative estimate of drug-likeness (QED) is 0.185. The number of hydrogen-bond donors (Lipinski definition) is 2. The van der Waals surface area contributed by atoms with Gasteiger partial charge in [-0.15, -0.1) is 13.2 Å². The first-order valence-corrected chi connectivity index (χ1v) is 15.2. The Labute approximate surface area is 233 Å². The third-order valence-corrected chi connectivity index (χ3v) is 8.97. The molecule has 1 fully saturated rings. The second-order valence-corrected chi connectivity index (χ2v) is 12.3. The van der Waals surface area contributed by atoms with Crippen LogP contribution in [0.15, 0.2) is 46.9 Å². The van der Waals surface area contributed by atoms with E-state index in [1.54, 1.807) is 12.1 Å². The topological polar surface area (TPSA) is 62.3 Å². The van der Waals surface area contributed by atoms with E-state index in [-0.39, 0.29) is 5.75 Å². The molecule has 1 heterocycles. The van der Waals surface area contributed by atoms with Crippen molar-refractivity contribution in [2.45, 2.75) is 38.6 Å². The van der Waals surface area contributed by atoms with Gasteiger partial charge in [-0.05, 0) is 86.8 Å².